The maximum Gasteiger partial charge on any atom is 0.0595 e. The van der Waals surface area contributed by atoms with Crippen LogP contribution in [-0.2, 0) is 0 Å². The van der Waals surface area contributed by atoms with E-state index in [9.17, 15) is 0 Å². The average molecular weight is 346 g/mol. The van der Waals surface area contributed by atoms with Gasteiger partial charge in [-0.1, -0.05) is 53.5 Å². The molecule has 2 aromatic carbocycles. The topological polar surface area (TPSA) is 3.24 Å². The summed E-state index contributed by atoms with van der Waals surface area (Å²) in [5.41, 5.74) is 4.22. The lowest BCUT2D eigenvalue weighted by Gasteiger charge is -2.37. The fourth-order valence-corrected chi connectivity index (χ4v) is 4.31. The summed E-state index contributed by atoms with van der Waals surface area (Å²) in [4.78, 5) is 2.59. The molecule has 3 heteroatoms. The van der Waals surface area contributed by atoms with Crippen molar-refractivity contribution < 1.29 is 0 Å². The molecular weight excluding hydrogens is 325 g/mol. The van der Waals surface area contributed by atoms with Gasteiger partial charge in [-0.2, -0.15) is 0 Å². The fraction of sp³-hybridized carbons (Fsp3) is 0.400. The molecule has 0 amide bonds. The summed E-state index contributed by atoms with van der Waals surface area (Å²) in [6.45, 7) is 0. The van der Waals surface area contributed by atoms with E-state index < -0.39 is 0 Å². The number of hydrogen-bond donors (Lipinski definition) is 0. The lowest BCUT2D eigenvalue weighted by Crippen LogP contribution is -2.30. The summed E-state index contributed by atoms with van der Waals surface area (Å²) in [5, 5.41) is 1.28. The normalized spacial score (nSPS) is 23.8. The summed E-state index contributed by atoms with van der Waals surface area (Å²) in [6, 6.07) is 16.3. The highest BCUT2D eigenvalue weighted by Gasteiger charge is 2.36. The van der Waals surface area contributed by atoms with Crippen molar-refractivity contribution in [1.82, 2.24) is 4.90 Å². The van der Waals surface area contributed by atoms with Crippen molar-refractivity contribution in [3.05, 3.63) is 69.2 Å². The third kappa shape index (κ3) is 2.91. The van der Waals surface area contributed by atoms with Crippen molar-refractivity contribution in [3.8, 4) is 0 Å². The first-order valence-electron chi connectivity index (χ1n) is 8.41. The van der Waals surface area contributed by atoms with Gasteiger partial charge in [-0.05, 0) is 61.6 Å². The molecule has 2 aliphatic carbocycles. The maximum atomic E-state index is 6.25. The SMILES string of the molecule is CN(C1CC1)C1CCC(c2ccc(Cl)c(Cl)c2)c2ccccc21. The minimum absolute atomic E-state index is 0.421. The molecule has 0 spiro atoms. The molecule has 0 radical (unpaired) electrons. The Balaban J connectivity index is 1.72. The van der Waals surface area contributed by atoms with Crippen LogP contribution in [0, 0.1) is 0 Å². The van der Waals surface area contributed by atoms with Crippen molar-refractivity contribution in [2.45, 2.75) is 43.7 Å². The smallest absolute Gasteiger partial charge is 0.0595 e. The van der Waals surface area contributed by atoms with Crippen LogP contribution in [0.4, 0.5) is 0 Å². The monoisotopic (exact) mass is 345 g/mol. The molecule has 2 aliphatic rings. The highest BCUT2D eigenvalue weighted by Crippen LogP contribution is 2.46. The van der Waals surface area contributed by atoms with Gasteiger partial charge in [-0.25, -0.2) is 0 Å². The average Bonchev–Trinajstić information content (AvgIpc) is 3.41. The Bertz CT molecular complexity index is 723. The minimum atomic E-state index is 0.421. The largest absolute Gasteiger partial charge is 0.296 e. The predicted octanol–water partition coefficient (Wildman–Crippen LogP) is 6.05. The van der Waals surface area contributed by atoms with Gasteiger partial charge in [0.15, 0.2) is 0 Å². The van der Waals surface area contributed by atoms with E-state index in [0.717, 1.165) is 12.5 Å². The Morgan fingerprint density at radius 1 is 0.870 bits per heavy atom. The first-order valence-corrected chi connectivity index (χ1v) is 9.16. The molecule has 1 fully saturated rings. The standard InChI is InChI=1S/C20H21Cl2N/c1-23(14-7-8-14)20-11-9-15(16-4-2-3-5-17(16)20)13-6-10-18(21)19(22)12-13/h2-6,10,12,14-15,20H,7-9,11H2,1H3. The van der Waals surface area contributed by atoms with Gasteiger partial charge in [0.2, 0.25) is 0 Å². The summed E-state index contributed by atoms with van der Waals surface area (Å²) < 4.78 is 0. The van der Waals surface area contributed by atoms with E-state index in [0.29, 0.717) is 22.0 Å². The van der Waals surface area contributed by atoms with Gasteiger partial charge in [-0.15, -0.1) is 0 Å². The number of halogens is 2. The summed E-state index contributed by atoms with van der Waals surface area (Å²) in [5.74, 6) is 0.421. The zero-order valence-electron chi connectivity index (χ0n) is 13.3. The molecule has 2 atom stereocenters. The van der Waals surface area contributed by atoms with Crippen LogP contribution in [0.1, 0.15) is 54.3 Å². The fourth-order valence-electron chi connectivity index (χ4n) is 4.00. The second kappa shape index (κ2) is 6.12. The van der Waals surface area contributed by atoms with Crippen LogP contribution in [0.3, 0.4) is 0 Å². The van der Waals surface area contributed by atoms with Crippen molar-refractivity contribution >= 4 is 23.2 Å². The molecule has 23 heavy (non-hydrogen) atoms. The van der Waals surface area contributed by atoms with Gasteiger partial charge in [0, 0.05) is 18.0 Å². The number of hydrogen-bond acceptors (Lipinski definition) is 1. The lowest BCUT2D eigenvalue weighted by molar-refractivity contribution is 0.208. The molecular formula is C20H21Cl2N. The van der Waals surface area contributed by atoms with E-state index in [4.69, 9.17) is 23.2 Å². The Morgan fingerprint density at radius 3 is 2.30 bits per heavy atom. The molecule has 4 rings (SSSR count). The van der Waals surface area contributed by atoms with E-state index in [-0.39, 0.29) is 0 Å². The van der Waals surface area contributed by atoms with E-state index in [1.54, 1.807) is 0 Å². The van der Waals surface area contributed by atoms with E-state index >= 15 is 0 Å². The molecule has 2 unspecified atom stereocenters. The van der Waals surface area contributed by atoms with Crippen LogP contribution < -0.4 is 0 Å². The van der Waals surface area contributed by atoms with Crippen LogP contribution in [0.2, 0.25) is 10.0 Å². The Labute approximate surface area is 148 Å². The number of nitrogens with zero attached hydrogens (tertiary/aromatic N) is 1. The number of fused-ring (bicyclic) bond motifs is 1. The van der Waals surface area contributed by atoms with Crippen molar-refractivity contribution in [2.24, 2.45) is 0 Å². The van der Waals surface area contributed by atoms with Crippen molar-refractivity contribution in [2.75, 3.05) is 7.05 Å². The van der Waals surface area contributed by atoms with Gasteiger partial charge in [-0.3, -0.25) is 4.90 Å². The van der Waals surface area contributed by atoms with Crippen LogP contribution in [0.15, 0.2) is 42.5 Å². The molecule has 0 aliphatic heterocycles. The van der Waals surface area contributed by atoms with Gasteiger partial charge < -0.3 is 0 Å². The number of benzene rings is 2. The van der Waals surface area contributed by atoms with Gasteiger partial charge in [0.1, 0.15) is 0 Å². The summed E-state index contributed by atoms with van der Waals surface area (Å²) in [6.07, 6.45) is 5.07. The Morgan fingerprint density at radius 2 is 1.61 bits per heavy atom. The molecule has 0 bridgehead atoms. The van der Waals surface area contributed by atoms with Crippen molar-refractivity contribution in [3.63, 3.8) is 0 Å². The highest BCUT2D eigenvalue weighted by molar-refractivity contribution is 6.42. The van der Waals surface area contributed by atoms with E-state index in [1.807, 2.05) is 12.1 Å². The van der Waals surface area contributed by atoms with Crippen LogP contribution in [0.25, 0.3) is 0 Å². The van der Waals surface area contributed by atoms with Gasteiger partial charge in [0.05, 0.1) is 10.0 Å². The van der Waals surface area contributed by atoms with Crippen molar-refractivity contribution in [1.29, 1.82) is 0 Å². The molecule has 120 valence electrons. The van der Waals surface area contributed by atoms with Crippen LogP contribution >= 0.6 is 23.2 Å². The Kier molecular flexibility index (Phi) is 4.13. The zero-order chi connectivity index (χ0) is 16.0. The molecule has 1 saturated carbocycles. The number of rotatable bonds is 3. The summed E-state index contributed by atoms with van der Waals surface area (Å²) in [7, 11) is 2.29. The van der Waals surface area contributed by atoms with Gasteiger partial charge in [0.25, 0.3) is 0 Å². The summed E-state index contributed by atoms with van der Waals surface area (Å²) >= 11 is 12.3. The third-order valence-corrected chi connectivity index (χ3v) is 6.16. The van der Waals surface area contributed by atoms with Crippen LogP contribution in [-0.4, -0.2) is 18.0 Å². The molecule has 2 aromatic rings. The molecule has 1 nitrogen and oxygen atoms in total. The second-order valence-corrected chi connectivity index (χ2v) is 7.66. The molecule has 0 aromatic heterocycles. The second-order valence-electron chi connectivity index (χ2n) is 6.84. The third-order valence-electron chi connectivity index (χ3n) is 5.42. The van der Waals surface area contributed by atoms with E-state index in [2.05, 4.69) is 42.3 Å². The lowest BCUT2D eigenvalue weighted by atomic mass is 9.76. The zero-order valence-corrected chi connectivity index (χ0v) is 14.8. The first kappa shape index (κ1) is 15.5. The van der Waals surface area contributed by atoms with E-state index in [1.165, 1.54) is 36.0 Å². The minimum Gasteiger partial charge on any atom is -0.296 e. The molecule has 0 heterocycles. The van der Waals surface area contributed by atoms with Gasteiger partial charge >= 0.3 is 0 Å². The van der Waals surface area contributed by atoms with Crippen LogP contribution in [0.5, 0.6) is 0 Å². The first-order chi connectivity index (χ1) is 11.1. The predicted molar refractivity (Wildman–Crippen MR) is 97.5 cm³/mol. The Hall–Kier alpha value is -1.02. The molecule has 0 saturated heterocycles. The highest BCUT2D eigenvalue weighted by atomic mass is 35.5. The quantitative estimate of drug-likeness (QED) is 0.653. The molecule has 0 N–H and O–H groups in total. The maximum absolute atomic E-state index is 6.25.